The summed E-state index contributed by atoms with van der Waals surface area (Å²) in [6.07, 6.45) is 0. The van der Waals surface area contributed by atoms with Gasteiger partial charge in [-0.25, -0.2) is 4.39 Å². The van der Waals surface area contributed by atoms with Crippen LogP contribution >= 0.6 is 22.9 Å². The minimum absolute atomic E-state index is 0.291. The second-order valence-electron chi connectivity index (χ2n) is 6.61. The highest BCUT2D eigenvalue weighted by Crippen LogP contribution is 2.49. The highest BCUT2D eigenvalue weighted by Gasteiger charge is 2.49. The first-order chi connectivity index (χ1) is 13.4. The monoisotopic (exact) mass is 415 g/mol. The minimum atomic E-state index is -1.56. The molecular formula is C21H15ClFNO3S. The molecule has 0 fully saturated rings. The minimum Gasteiger partial charge on any atom is -0.497 e. The summed E-state index contributed by atoms with van der Waals surface area (Å²) in [4.78, 5) is 26.4. The van der Waals surface area contributed by atoms with Gasteiger partial charge in [-0.15, -0.1) is 11.3 Å². The third-order valence-electron chi connectivity index (χ3n) is 4.99. The zero-order valence-electron chi connectivity index (χ0n) is 15.0. The Labute approximate surface area is 169 Å². The van der Waals surface area contributed by atoms with Gasteiger partial charge in [0, 0.05) is 5.56 Å². The maximum absolute atomic E-state index is 13.8. The second kappa shape index (κ2) is 6.72. The lowest BCUT2D eigenvalue weighted by molar-refractivity contribution is -0.119. The van der Waals surface area contributed by atoms with Crippen molar-refractivity contribution < 1.29 is 18.7 Å². The van der Waals surface area contributed by atoms with Crippen molar-refractivity contribution in [2.45, 2.75) is 12.3 Å². The van der Waals surface area contributed by atoms with Gasteiger partial charge >= 0.3 is 0 Å². The zero-order chi connectivity index (χ0) is 20.1. The highest BCUT2D eigenvalue weighted by atomic mass is 35.5. The molecule has 1 aromatic heterocycles. The standard InChI is InChI=1S/C21H15ClFNO3S/c1-21(12-6-4-7-13(23)10-12)17(25)16-15(11-5-3-8-14(9-11)27-2)18(22)28-19(16)24-20(21)26/h3-10H,1-2H3,(H,24,26). The van der Waals surface area contributed by atoms with Crippen LogP contribution in [0.15, 0.2) is 48.5 Å². The normalized spacial score (nSPS) is 18.6. The van der Waals surface area contributed by atoms with Crippen LogP contribution in [0.1, 0.15) is 22.8 Å². The van der Waals surface area contributed by atoms with Gasteiger partial charge in [-0.1, -0.05) is 35.9 Å². The molecule has 2 aromatic carbocycles. The number of rotatable bonds is 3. The number of benzene rings is 2. The van der Waals surface area contributed by atoms with Crippen LogP contribution < -0.4 is 10.1 Å². The molecule has 0 bridgehead atoms. The molecule has 0 aliphatic carbocycles. The lowest BCUT2D eigenvalue weighted by Gasteiger charge is -2.31. The largest absolute Gasteiger partial charge is 0.497 e. The highest BCUT2D eigenvalue weighted by molar-refractivity contribution is 7.21. The van der Waals surface area contributed by atoms with Crippen molar-refractivity contribution in [3.05, 3.63) is 69.8 Å². The molecule has 1 N–H and O–H groups in total. The van der Waals surface area contributed by atoms with Gasteiger partial charge in [0.15, 0.2) is 5.78 Å². The summed E-state index contributed by atoms with van der Waals surface area (Å²) < 4.78 is 19.5. The summed E-state index contributed by atoms with van der Waals surface area (Å²) in [5.74, 6) is -0.821. The average molecular weight is 416 g/mol. The fraction of sp³-hybridized carbons (Fsp3) is 0.143. The molecule has 7 heteroatoms. The SMILES string of the molecule is COc1cccc(-c2c(Cl)sc3c2C(=O)C(C)(c2cccc(F)c2)C(=O)N3)c1. The number of methoxy groups -OCH3 is 1. The topological polar surface area (TPSA) is 55.4 Å². The van der Waals surface area contributed by atoms with Crippen molar-refractivity contribution in [2.24, 2.45) is 0 Å². The van der Waals surface area contributed by atoms with E-state index in [1.165, 1.54) is 25.1 Å². The molecule has 0 radical (unpaired) electrons. The molecule has 2 heterocycles. The third kappa shape index (κ3) is 2.72. The van der Waals surface area contributed by atoms with E-state index in [2.05, 4.69) is 5.32 Å². The molecule has 1 atom stereocenters. The van der Waals surface area contributed by atoms with Crippen LogP contribution in [0.25, 0.3) is 11.1 Å². The number of hydrogen-bond acceptors (Lipinski definition) is 4. The van der Waals surface area contributed by atoms with E-state index >= 15 is 0 Å². The fourth-order valence-electron chi connectivity index (χ4n) is 3.39. The Morgan fingerprint density at radius 1 is 1.11 bits per heavy atom. The molecule has 0 saturated heterocycles. The number of carbonyl (C=O) groups excluding carboxylic acids is 2. The number of thiophene rings is 1. The van der Waals surface area contributed by atoms with E-state index in [-0.39, 0.29) is 0 Å². The number of fused-ring (bicyclic) bond motifs is 1. The number of amides is 1. The van der Waals surface area contributed by atoms with Gasteiger partial charge in [0.25, 0.3) is 0 Å². The number of Topliss-reactive ketones (excluding diaryl/α,β-unsaturated/α-hetero) is 1. The van der Waals surface area contributed by atoms with Crippen molar-refractivity contribution in [3.8, 4) is 16.9 Å². The second-order valence-corrected chi connectivity index (χ2v) is 8.23. The Hall–Kier alpha value is -2.70. The molecule has 3 aromatic rings. The number of carbonyl (C=O) groups is 2. The molecular weight excluding hydrogens is 401 g/mol. The van der Waals surface area contributed by atoms with Gasteiger partial charge in [0.2, 0.25) is 5.91 Å². The van der Waals surface area contributed by atoms with E-state index in [1.807, 2.05) is 6.07 Å². The summed E-state index contributed by atoms with van der Waals surface area (Å²) in [6.45, 7) is 1.50. The molecule has 4 nitrogen and oxygen atoms in total. The van der Waals surface area contributed by atoms with Crippen LogP contribution in [0.5, 0.6) is 5.75 Å². The van der Waals surface area contributed by atoms with Crippen molar-refractivity contribution in [1.29, 1.82) is 0 Å². The van der Waals surface area contributed by atoms with E-state index in [1.54, 1.807) is 31.4 Å². The molecule has 0 saturated carbocycles. The maximum Gasteiger partial charge on any atom is 0.243 e. The fourth-order valence-corrected chi connectivity index (χ4v) is 4.76. The molecule has 1 amide bonds. The quantitative estimate of drug-likeness (QED) is 0.590. The van der Waals surface area contributed by atoms with Crippen molar-refractivity contribution in [2.75, 3.05) is 12.4 Å². The predicted octanol–water partition coefficient (Wildman–Crippen LogP) is 5.31. The molecule has 142 valence electrons. The van der Waals surface area contributed by atoms with Gasteiger partial charge in [0.1, 0.15) is 26.3 Å². The Kier molecular flexibility index (Phi) is 4.48. The van der Waals surface area contributed by atoms with Gasteiger partial charge in [-0.3, -0.25) is 9.59 Å². The van der Waals surface area contributed by atoms with Crippen LogP contribution in [-0.4, -0.2) is 18.8 Å². The summed E-state index contributed by atoms with van der Waals surface area (Å²) in [7, 11) is 1.55. The average Bonchev–Trinajstić information content (AvgIpc) is 3.01. The van der Waals surface area contributed by atoms with Crippen molar-refractivity contribution >= 4 is 39.6 Å². The van der Waals surface area contributed by atoms with E-state index in [9.17, 15) is 14.0 Å². The van der Waals surface area contributed by atoms with Crippen LogP contribution in [0.4, 0.5) is 9.39 Å². The third-order valence-corrected chi connectivity index (χ3v) is 6.30. The number of halogens is 2. The summed E-state index contributed by atoms with van der Waals surface area (Å²) >= 11 is 7.59. The van der Waals surface area contributed by atoms with Gasteiger partial charge in [-0.05, 0) is 42.3 Å². The molecule has 4 rings (SSSR count). The summed E-state index contributed by atoms with van der Waals surface area (Å²) in [5.41, 5.74) is 0.294. The van der Waals surface area contributed by atoms with E-state index in [0.29, 0.717) is 37.3 Å². The van der Waals surface area contributed by atoms with Gasteiger partial charge < -0.3 is 10.1 Å². The van der Waals surface area contributed by atoms with Crippen molar-refractivity contribution in [3.63, 3.8) is 0 Å². The molecule has 1 aliphatic heterocycles. The first-order valence-corrected chi connectivity index (χ1v) is 9.64. The Bertz CT molecular complexity index is 1130. The number of ketones is 1. The number of nitrogens with one attached hydrogen (secondary N) is 1. The lowest BCUT2D eigenvalue weighted by atomic mass is 9.73. The first kappa shape index (κ1) is 18.7. The van der Waals surface area contributed by atoms with Crippen LogP contribution in [-0.2, 0) is 10.2 Å². The Morgan fingerprint density at radius 2 is 1.86 bits per heavy atom. The maximum atomic E-state index is 13.8. The first-order valence-electron chi connectivity index (χ1n) is 8.45. The molecule has 28 heavy (non-hydrogen) atoms. The lowest BCUT2D eigenvalue weighted by Crippen LogP contribution is -2.48. The smallest absolute Gasteiger partial charge is 0.243 e. The van der Waals surface area contributed by atoms with E-state index < -0.39 is 22.9 Å². The number of ether oxygens (including phenoxy) is 1. The Balaban J connectivity index is 1.93. The molecule has 1 aliphatic rings. The number of anilines is 1. The zero-order valence-corrected chi connectivity index (χ0v) is 16.6. The van der Waals surface area contributed by atoms with Crippen LogP contribution in [0.2, 0.25) is 4.34 Å². The van der Waals surface area contributed by atoms with Crippen LogP contribution in [0, 0.1) is 5.82 Å². The number of hydrogen-bond donors (Lipinski definition) is 1. The van der Waals surface area contributed by atoms with Crippen molar-refractivity contribution in [1.82, 2.24) is 0 Å². The Morgan fingerprint density at radius 3 is 2.57 bits per heavy atom. The van der Waals surface area contributed by atoms with Gasteiger partial charge in [-0.2, -0.15) is 0 Å². The van der Waals surface area contributed by atoms with Crippen LogP contribution in [0.3, 0.4) is 0 Å². The summed E-state index contributed by atoms with van der Waals surface area (Å²) in [6, 6.07) is 12.7. The molecule has 1 unspecified atom stereocenters. The van der Waals surface area contributed by atoms with E-state index in [4.69, 9.17) is 16.3 Å². The summed E-state index contributed by atoms with van der Waals surface area (Å²) in [5, 5.41) is 3.17. The van der Waals surface area contributed by atoms with Gasteiger partial charge in [0.05, 0.1) is 12.7 Å². The molecule has 0 spiro atoms. The predicted molar refractivity (Wildman–Crippen MR) is 108 cm³/mol. The van der Waals surface area contributed by atoms with E-state index in [0.717, 1.165) is 11.3 Å².